The molecule has 0 aliphatic heterocycles. The summed E-state index contributed by atoms with van der Waals surface area (Å²) in [5, 5.41) is 0.244. The van der Waals surface area contributed by atoms with Crippen LogP contribution in [0.1, 0.15) is 17.5 Å². The van der Waals surface area contributed by atoms with Crippen molar-refractivity contribution < 1.29 is 4.39 Å². The number of rotatable bonds is 3. The molecule has 1 aromatic carbocycles. The molecule has 0 fully saturated rings. The van der Waals surface area contributed by atoms with Gasteiger partial charge in [-0.2, -0.15) is 0 Å². The van der Waals surface area contributed by atoms with Crippen molar-refractivity contribution in [1.29, 1.82) is 0 Å². The van der Waals surface area contributed by atoms with Gasteiger partial charge in [0.1, 0.15) is 5.82 Å². The van der Waals surface area contributed by atoms with Gasteiger partial charge in [0.25, 0.3) is 0 Å². The monoisotopic (exact) mass is 201 g/mol. The first-order valence-corrected chi connectivity index (χ1v) is 4.68. The number of nitrogens with two attached hydrogens (primary N) is 1. The van der Waals surface area contributed by atoms with E-state index in [1.807, 2.05) is 6.92 Å². The molecule has 0 unspecified atom stereocenters. The van der Waals surface area contributed by atoms with Gasteiger partial charge in [-0.25, -0.2) is 4.39 Å². The predicted octanol–water partition coefficient (Wildman–Crippen LogP) is 2.68. The van der Waals surface area contributed by atoms with Crippen molar-refractivity contribution in [2.45, 2.75) is 19.8 Å². The first-order chi connectivity index (χ1) is 6.16. The van der Waals surface area contributed by atoms with E-state index in [4.69, 9.17) is 17.3 Å². The van der Waals surface area contributed by atoms with Crippen LogP contribution >= 0.6 is 11.6 Å². The molecule has 0 spiro atoms. The molecule has 0 amide bonds. The van der Waals surface area contributed by atoms with Gasteiger partial charge in [-0.3, -0.25) is 0 Å². The lowest BCUT2D eigenvalue weighted by atomic mass is 10.0. The Morgan fingerprint density at radius 3 is 2.77 bits per heavy atom. The molecule has 1 aromatic rings. The fourth-order valence-electron chi connectivity index (χ4n) is 1.27. The minimum atomic E-state index is -0.348. The van der Waals surface area contributed by atoms with Crippen molar-refractivity contribution >= 4 is 11.6 Å². The van der Waals surface area contributed by atoms with E-state index in [2.05, 4.69) is 0 Å². The molecule has 0 atom stereocenters. The molecule has 3 heteroatoms. The van der Waals surface area contributed by atoms with E-state index < -0.39 is 0 Å². The van der Waals surface area contributed by atoms with Crippen molar-refractivity contribution in [3.05, 3.63) is 34.1 Å². The second-order valence-electron chi connectivity index (χ2n) is 3.05. The Hall–Kier alpha value is -0.600. The minimum absolute atomic E-state index is 0.244. The van der Waals surface area contributed by atoms with Crippen LogP contribution in [0.15, 0.2) is 12.1 Å². The summed E-state index contributed by atoms with van der Waals surface area (Å²) in [6.07, 6.45) is 1.59. The van der Waals surface area contributed by atoms with E-state index in [1.54, 1.807) is 6.07 Å². The van der Waals surface area contributed by atoms with Crippen LogP contribution in [0, 0.1) is 12.7 Å². The molecule has 1 nitrogen and oxygen atoms in total. The third kappa shape index (κ3) is 2.42. The van der Waals surface area contributed by atoms with Gasteiger partial charge in [-0.1, -0.05) is 17.7 Å². The summed E-state index contributed by atoms with van der Waals surface area (Å²) < 4.78 is 13.0. The average molecular weight is 202 g/mol. The average Bonchev–Trinajstić information content (AvgIpc) is 2.12. The molecule has 0 saturated heterocycles. The number of benzene rings is 1. The van der Waals surface area contributed by atoms with E-state index in [0.29, 0.717) is 6.54 Å². The van der Waals surface area contributed by atoms with Gasteiger partial charge in [0, 0.05) is 0 Å². The third-order valence-corrected chi connectivity index (χ3v) is 2.47. The molecule has 0 aliphatic rings. The molecule has 0 aliphatic carbocycles. The molecular weight excluding hydrogens is 189 g/mol. The number of halogens is 2. The second kappa shape index (κ2) is 4.58. The normalized spacial score (nSPS) is 10.5. The van der Waals surface area contributed by atoms with Gasteiger partial charge in [0.2, 0.25) is 0 Å². The SMILES string of the molecule is Cc1ccc(F)c(Cl)c1CCCN. The molecule has 1 rings (SSSR count). The van der Waals surface area contributed by atoms with E-state index in [-0.39, 0.29) is 10.8 Å². The number of aryl methyl sites for hydroxylation is 1. The quantitative estimate of drug-likeness (QED) is 0.800. The van der Waals surface area contributed by atoms with Crippen LogP contribution in [0.4, 0.5) is 4.39 Å². The van der Waals surface area contributed by atoms with Crippen molar-refractivity contribution in [1.82, 2.24) is 0 Å². The van der Waals surface area contributed by atoms with Crippen LogP contribution in [-0.2, 0) is 6.42 Å². The molecule has 0 aromatic heterocycles. The fraction of sp³-hybridized carbons (Fsp3) is 0.400. The van der Waals surface area contributed by atoms with Crippen molar-refractivity contribution in [2.24, 2.45) is 5.73 Å². The molecular formula is C10H13ClFN. The Morgan fingerprint density at radius 1 is 1.46 bits per heavy atom. The summed E-state index contributed by atoms with van der Waals surface area (Å²) in [6, 6.07) is 3.14. The standard InChI is InChI=1S/C10H13ClFN/c1-7-4-5-9(12)10(11)8(7)3-2-6-13/h4-5H,2-3,6,13H2,1H3. The molecule has 2 N–H and O–H groups in total. The molecule has 13 heavy (non-hydrogen) atoms. The number of hydrogen-bond acceptors (Lipinski definition) is 1. The number of hydrogen-bond donors (Lipinski definition) is 1. The van der Waals surface area contributed by atoms with Gasteiger partial charge < -0.3 is 5.73 Å². The largest absolute Gasteiger partial charge is 0.330 e. The highest BCUT2D eigenvalue weighted by Gasteiger charge is 2.08. The van der Waals surface area contributed by atoms with E-state index >= 15 is 0 Å². The summed E-state index contributed by atoms with van der Waals surface area (Å²) in [4.78, 5) is 0. The highest BCUT2D eigenvalue weighted by atomic mass is 35.5. The highest BCUT2D eigenvalue weighted by Crippen LogP contribution is 2.24. The van der Waals surface area contributed by atoms with Crippen LogP contribution in [0.5, 0.6) is 0 Å². The Morgan fingerprint density at radius 2 is 2.15 bits per heavy atom. The third-order valence-electron chi connectivity index (χ3n) is 2.06. The topological polar surface area (TPSA) is 26.0 Å². The summed E-state index contributed by atoms with van der Waals surface area (Å²) in [7, 11) is 0. The maximum absolute atomic E-state index is 13.0. The van der Waals surface area contributed by atoms with E-state index in [1.165, 1.54) is 6.07 Å². The van der Waals surface area contributed by atoms with Crippen LogP contribution < -0.4 is 5.73 Å². The van der Waals surface area contributed by atoms with Gasteiger partial charge in [-0.05, 0) is 43.5 Å². The maximum atomic E-state index is 13.0. The zero-order valence-corrected chi connectivity index (χ0v) is 8.37. The Balaban J connectivity index is 2.96. The van der Waals surface area contributed by atoms with Gasteiger partial charge in [-0.15, -0.1) is 0 Å². The lowest BCUT2D eigenvalue weighted by Gasteiger charge is -2.07. The van der Waals surface area contributed by atoms with Crippen LogP contribution in [0.3, 0.4) is 0 Å². The zero-order valence-electron chi connectivity index (χ0n) is 7.61. The minimum Gasteiger partial charge on any atom is -0.330 e. The molecule has 0 radical (unpaired) electrons. The predicted molar refractivity (Wildman–Crippen MR) is 53.5 cm³/mol. The van der Waals surface area contributed by atoms with Gasteiger partial charge in [0.05, 0.1) is 5.02 Å². The molecule has 72 valence electrons. The first-order valence-electron chi connectivity index (χ1n) is 4.30. The second-order valence-corrected chi connectivity index (χ2v) is 3.43. The Labute approximate surface area is 82.7 Å². The fourth-order valence-corrected chi connectivity index (χ4v) is 1.58. The summed E-state index contributed by atoms with van der Waals surface area (Å²) in [6.45, 7) is 2.53. The van der Waals surface area contributed by atoms with Crippen LogP contribution in [-0.4, -0.2) is 6.54 Å². The zero-order chi connectivity index (χ0) is 9.84. The smallest absolute Gasteiger partial charge is 0.142 e. The Kier molecular flexibility index (Phi) is 3.70. The lowest BCUT2D eigenvalue weighted by molar-refractivity contribution is 0.624. The van der Waals surface area contributed by atoms with Gasteiger partial charge >= 0.3 is 0 Å². The summed E-state index contributed by atoms with van der Waals surface area (Å²) >= 11 is 5.82. The molecule has 0 bridgehead atoms. The van der Waals surface area contributed by atoms with E-state index in [0.717, 1.165) is 24.0 Å². The maximum Gasteiger partial charge on any atom is 0.142 e. The van der Waals surface area contributed by atoms with Crippen LogP contribution in [0.25, 0.3) is 0 Å². The summed E-state index contributed by atoms with van der Waals surface area (Å²) in [5.41, 5.74) is 7.29. The van der Waals surface area contributed by atoms with Crippen molar-refractivity contribution in [2.75, 3.05) is 6.54 Å². The van der Waals surface area contributed by atoms with Crippen LogP contribution in [0.2, 0.25) is 5.02 Å². The van der Waals surface area contributed by atoms with Crippen molar-refractivity contribution in [3.63, 3.8) is 0 Å². The molecule has 0 heterocycles. The summed E-state index contributed by atoms with van der Waals surface area (Å²) in [5.74, 6) is -0.348. The van der Waals surface area contributed by atoms with Crippen molar-refractivity contribution in [3.8, 4) is 0 Å². The highest BCUT2D eigenvalue weighted by molar-refractivity contribution is 6.31. The van der Waals surface area contributed by atoms with Gasteiger partial charge in [0.15, 0.2) is 0 Å². The Bertz CT molecular complexity index is 299. The molecule has 0 saturated carbocycles. The van der Waals surface area contributed by atoms with E-state index in [9.17, 15) is 4.39 Å². The first kappa shape index (κ1) is 10.5. The lowest BCUT2D eigenvalue weighted by Crippen LogP contribution is -2.02.